The number of ether oxygens (including phenoxy) is 2. The van der Waals surface area contributed by atoms with Gasteiger partial charge in [0.1, 0.15) is 34.4 Å². The fraction of sp³-hybridized carbons (Fsp3) is 0.259. The lowest BCUT2D eigenvalue weighted by Crippen LogP contribution is -2.52. The molecule has 2 aliphatic rings. The number of anilines is 2. The fourth-order valence-corrected chi connectivity index (χ4v) is 10.3. The minimum absolute atomic E-state index is 0. The van der Waals surface area contributed by atoms with Crippen molar-refractivity contribution in [2.75, 3.05) is 49.2 Å². The van der Waals surface area contributed by atoms with Crippen LogP contribution in [0.2, 0.25) is 0 Å². The average molecular weight is 1080 g/mol. The van der Waals surface area contributed by atoms with Crippen LogP contribution in [0.1, 0.15) is 42.9 Å². The third-order valence-corrected chi connectivity index (χ3v) is 14.0. The normalized spacial score (nSPS) is 17.3. The van der Waals surface area contributed by atoms with Crippen LogP contribution >= 0.6 is 12.4 Å². The van der Waals surface area contributed by atoms with Crippen molar-refractivity contribution < 1.29 is 41.5 Å². The van der Waals surface area contributed by atoms with Crippen molar-refractivity contribution >= 4 is 108 Å². The first-order valence-electron chi connectivity index (χ1n) is 25.3. The van der Waals surface area contributed by atoms with E-state index in [1.807, 2.05) is 52.3 Å². The molecule has 402 valence electrons. The molecule has 10 aromatic rings. The van der Waals surface area contributed by atoms with Crippen LogP contribution in [-0.4, -0.2) is 89.6 Å². The van der Waals surface area contributed by atoms with Crippen molar-refractivity contribution in [1.82, 2.24) is 25.3 Å². The predicted molar refractivity (Wildman–Crippen MR) is 297 cm³/mol. The van der Waals surface area contributed by atoms with E-state index in [0.717, 1.165) is 38.1 Å². The third-order valence-electron chi connectivity index (χ3n) is 14.0. The van der Waals surface area contributed by atoms with E-state index < -0.39 is 23.1 Å². The standard InChI is InChI=1S/C29H27FN4O4.C17H20FN3O2.C12H7NO3.ClH/c1-2-37-28(35)23-16-34(27-21-13-18(30)8-7-17(21)9-11-31-27)12-10-24(23)32-15-19-14-22-26(33-19)20-5-3-4-6-25(20)38-29(22)36;1-2-23-17(22)14-10-21(8-6-15(14)19)16-13-9-12(18)4-3-11(13)5-7-20-16;14-6-7-5-9-11(13-7)8-3-1-2-4-10(8)16-12(9)15;/h3-9,11,13-14,23-24,32-33H,2,10,12,15-16H2,1H3;3-5,7,9,14-15H,2,6,8,10,19H2,1H3;1-6,13H;1H. The second kappa shape index (κ2) is 23.8. The van der Waals surface area contributed by atoms with E-state index in [2.05, 4.69) is 25.3 Å². The second-order valence-corrected chi connectivity index (χ2v) is 18.8. The van der Waals surface area contributed by atoms with Crippen molar-refractivity contribution in [3.8, 4) is 0 Å². The zero-order chi connectivity index (χ0) is 53.7. The molecule has 4 aromatic carbocycles. The number of rotatable bonds is 10. The molecular weight excluding hydrogens is 1030 g/mol. The van der Waals surface area contributed by atoms with Crippen LogP contribution < -0.4 is 32.1 Å². The number of pyridine rings is 2. The summed E-state index contributed by atoms with van der Waals surface area (Å²) in [7, 11) is 0. The molecule has 2 fully saturated rings. The van der Waals surface area contributed by atoms with Crippen LogP contribution in [0.15, 0.2) is 140 Å². The van der Waals surface area contributed by atoms with Gasteiger partial charge in [0.2, 0.25) is 0 Å². The third kappa shape index (κ3) is 11.3. The molecule has 6 aromatic heterocycles. The molecule has 12 rings (SSSR count). The number of carbonyl (C=O) groups excluding carboxylic acids is 3. The lowest BCUT2D eigenvalue weighted by Gasteiger charge is -2.38. The summed E-state index contributed by atoms with van der Waals surface area (Å²) in [6, 6.07) is 30.5. The molecule has 5 N–H and O–H groups in total. The van der Waals surface area contributed by atoms with Crippen LogP contribution in [0.25, 0.3) is 65.3 Å². The van der Waals surface area contributed by atoms with Crippen LogP contribution in [0.4, 0.5) is 20.4 Å². The summed E-state index contributed by atoms with van der Waals surface area (Å²) in [6.07, 6.45) is 5.40. The van der Waals surface area contributed by atoms with Crippen molar-refractivity contribution in [2.24, 2.45) is 17.6 Å². The Labute approximate surface area is 450 Å². The van der Waals surface area contributed by atoms with Gasteiger partial charge in [0.15, 0.2) is 6.29 Å². The van der Waals surface area contributed by atoms with Crippen LogP contribution in [0.5, 0.6) is 0 Å². The molecule has 0 spiro atoms. The fourth-order valence-electron chi connectivity index (χ4n) is 10.3. The Bertz CT molecular complexity index is 3960. The molecule has 20 heteroatoms. The number of fused-ring (bicyclic) bond motifs is 8. The minimum atomic E-state index is -0.454. The number of H-pyrrole nitrogens is 2. The summed E-state index contributed by atoms with van der Waals surface area (Å²) < 4.78 is 48.8. The number of aromatic amines is 2. The Morgan fingerprint density at radius 2 is 1.19 bits per heavy atom. The molecular formula is C58H55ClF2N8O9. The maximum absolute atomic E-state index is 14.0. The number of nitrogens with two attached hydrogens (primary N) is 1. The second-order valence-electron chi connectivity index (χ2n) is 18.8. The molecule has 78 heavy (non-hydrogen) atoms. The van der Waals surface area contributed by atoms with E-state index >= 15 is 0 Å². The molecule has 2 aliphatic heterocycles. The van der Waals surface area contributed by atoms with Crippen LogP contribution in [0, 0.1) is 23.5 Å². The Hall–Kier alpha value is -8.52. The molecule has 0 amide bonds. The number of nitrogens with zero attached hydrogens (tertiary/aromatic N) is 4. The van der Waals surface area contributed by atoms with Gasteiger partial charge in [0.05, 0.1) is 52.5 Å². The number of aromatic nitrogens is 4. The Kier molecular flexibility index (Phi) is 16.6. The molecule has 2 saturated heterocycles. The zero-order valence-electron chi connectivity index (χ0n) is 42.5. The Balaban J connectivity index is 0.000000157. The number of halogens is 3. The highest BCUT2D eigenvalue weighted by Gasteiger charge is 2.37. The van der Waals surface area contributed by atoms with E-state index in [-0.39, 0.29) is 54.7 Å². The largest absolute Gasteiger partial charge is 0.466 e. The molecule has 4 atom stereocenters. The van der Waals surface area contributed by atoms with Gasteiger partial charge in [-0.25, -0.2) is 28.3 Å². The van der Waals surface area contributed by atoms with Crippen LogP contribution in [-0.2, 0) is 25.6 Å². The maximum Gasteiger partial charge on any atom is 0.345 e. The number of hydrogen-bond donors (Lipinski definition) is 4. The molecule has 8 heterocycles. The van der Waals surface area contributed by atoms with Gasteiger partial charge in [-0.3, -0.25) is 14.4 Å². The van der Waals surface area contributed by atoms with Gasteiger partial charge in [-0.15, -0.1) is 12.4 Å². The molecule has 17 nitrogen and oxygen atoms in total. The Morgan fingerprint density at radius 3 is 1.76 bits per heavy atom. The number of hydrogen-bond acceptors (Lipinski definition) is 15. The monoisotopic (exact) mass is 1080 g/mol. The average Bonchev–Trinajstić information content (AvgIpc) is 4.19. The topological polar surface area (TPSA) is 232 Å². The van der Waals surface area contributed by atoms with Gasteiger partial charge in [0, 0.05) is 84.4 Å². The highest BCUT2D eigenvalue weighted by molar-refractivity contribution is 6.04. The lowest BCUT2D eigenvalue weighted by molar-refractivity contribution is -0.150. The van der Waals surface area contributed by atoms with E-state index in [1.54, 1.807) is 62.6 Å². The molecule has 0 bridgehead atoms. The maximum atomic E-state index is 14.0. The smallest absolute Gasteiger partial charge is 0.345 e. The number of nitrogens with one attached hydrogen (secondary N) is 3. The van der Waals surface area contributed by atoms with Crippen molar-refractivity contribution in [2.45, 2.75) is 45.3 Å². The number of aldehydes is 1. The summed E-state index contributed by atoms with van der Waals surface area (Å²) in [5.74, 6) is -0.709. The molecule has 0 aliphatic carbocycles. The summed E-state index contributed by atoms with van der Waals surface area (Å²) in [5.41, 5.74) is 8.88. The van der Waals surface area contributed by atoms with E-state index in [0.29, 0.717) is 109 Å². The summed E-state index contributed by atoms with van der Waals surface area (Å²) in [5, 5.41) is 9.29. The van der Waals surface area contributed by atoms with Crippen molar-refractivity contribution in [3.05, 3.63) is 165 Å². The summed E-state index contributed by atoms with van der Waals surface area (Å²) in [6.45, 7) is 6.75. The number of piperidine rings is 2. The quantitative estimate of drug-likeness (QED) is 0.0568. The summed E-state index contributed by atoms with van der Waals surface area (Å²) >= 11 is 0. The zero-order valence-corrected chi connectivity index (χ0v) is 43.3. The van der Waals surface area contributed by atoms with Gasteiger partial charge in [-0.1, -0.05) is 36.4 Å². The van der Waals surface area contributed by atoms with E-state index in [1.165, 1.54) is 30.3 Å². The van der Waals surface area contributed by atoms with E-state index in [9.17, 15) is 32.8 Å². The highest BCUT2D eigenvalue weighted by atomic mass is 35.5. The first-order valence-corrected chi connectivity index (χ1v) is 25.3. The minimum Gasteiger partial charge on any atom is -0.466 e. The van der Waals surface area contributed by atoms with Gasteiger partial charge in [-0.2, -0.15) is 0 Å². The predicted octanol–water partition coefficient (Wildman–Crippen LogP) is 9.11. The first kappa shape index (κ1) is 54.3. The van der Waals surface area contributed by atoms with Crippen LogP contribution in [0.3, 0.4) is 0 Å². The van der Waals surface area contributed by atoms with Gasteiger partial charge in [0.25, 0.3) is 0 Å². The number of carbonyl (C=O) groups is 3. The first-order chi connectivity index (χ1) is 37.4. The van der Waals surface area contributed by atoms with Gasteiger partial charge < -0.3 is 49.1 Å². The summed E-state index contributed by atoms with van der Waals surface area (Å²) in [4.78, 5) is 79.1. The molecule has 0 saturated carbocycles. The molecule has 4 unspecified atom stereocenters. The number of benzene rings is 4. The van der Waals surface area contributed by atoms with Crippen molar-refractivity contribution in [1.29, 1.82) is 0 Å². The van der Waals surface area contributed by atoms with Crippen molar-refractivity contribution in [3.63, 3.8) is 0 Å². The SMILES string of the molecule is CCOC(=O)C1CN(c2nccc3ccc(F)cc23)CCC1N.CCOC(=O)C1CN(c2nccc3ccc(F)cc23)CCC1NCc1cc2c(=O)oc3ccccc3c2[nH]1.Cl.O=Cc1cc2c(=O)oc3ccccc3c2[nH]1. The van der Waals surface area contributed by atoms with Gasteiger partial charge >= 0.3 is 23.2 Å². The number of esters is 2. The van der Waals surface area contributed by atoms with E-state index in [4.69, 9.17) is 24.0 Å². The lowest BCUT2D eigenvalue weighted by atomic mass is 9.91. The molecule has 0 radical (unpaired) electrons. The van der Waals surface area contributed by atoms with Gasteiger partial charge in [-0.05, 0) is 110 Å². The highest BCUT2D eigenvalue weighted by Crippen LogP contribution is 2.32. The Morgan fingerprint density at radius 1 is 0.679 bits per heavy atom. The number of para-hydroxylation sites is 2.